The lowest BCUT2D eigenvalue weighted by Gasteiger charge is -2.24. The van der Waals surface area contributed by atoms with Crippen molar-refractivity contribution in [1.29, 1.82) is 0 Å². The molecule has 1 fully saturated rings. The van der Waals surface area contributed by atoms with Gasteiger partial charge in [-0.15, -0.1) is 0 Å². The Morgan fingerprint density at radius 3 is 2.68 bits per heavy atom. The van der Waals surface area contributed by atoms with E-state index in [4.69, 9.17) is 4.74 Å². The standard InChI is InChI=1S/C14H20N2O3/c1-14(8-3-4-9-14)10-15-11-6-5-7-12(19-2)13(11)16(17)18/h5-7,15H,3-4,8-10H2,1-2H3. The van der Waals surface area contributed by atoms with Crippen LogP contribution in [0.25, 0.3) is 0 Å². The highest BCUT2D eigenvalue weighted by Crippen LogP contribution is 2.39. The van der Waals surface area contributed by atoms with Gasteiger partial charge in [-0.3, -0.25) is 10.1 Å². The highest BCUT2D eigenvalue weighted by Gasteiger charge is 2.29. The second kappa shape index (κ2) is 5.47. The van der Waals surface area contributed by atoms with Crippen LogP contribution in [0.15, 0.2) is 18.2 Å². The van der Waals surface area contributed by atoms with Gasteiger partial charge in [0, 0.05) is 6.54 Å². The van der Waals surface area contributed by atoms with Crippen molar-refractivity contribution in [2.24, 2.45) is 5.41 Å². The van der Waals surface area contributed by atoms with Crippen molar-refractivity contribution >= 4 is 11.4 Å². The molecule has 0 unspecified atom stereocenters. The average Bonchev–Trinajstić information content (AvgIpc) is 2.83. The molecule has 104 valence electrons. The fourth-order valence-electron chi connectivity index (χ4n) is 2.73. The van der Waals surface area contributed by atoms with Gasteiger partial charge in [0.25, 0.3) is 0 Å². The minimum Gasteiger partial charge on any atom is -0.490 e. The van der Waals surface area contributed by atoms with E-state index in [2.05, 4.69) is 12.2 Å². The molecule has 1 aliphatic rings. The van der Waals surface area contributed by atoms with Crippen LogP contribution < -0.4 is 10.1 Å². The van der Waals surface area contributed by atoms with Crippen LogP contribution in [0.4, 0.5) is 11.4 Å². The summed E-state index contributed by atoms with van der Waals surface area (Å²) in [5.41, 5.74) is 0.806. The van der Waals surface area contributed by atoms with E-state index in [0.717, 1.165) is 6.54 Å². The fourth-order valence-corrected chi connectivity index (χ4v) is 2.73. The van der Waals surface area contributed by atoms with Gasteiger partial charge in [0.1, 0.15) is 5.69 Å². The van der Waals surface area contributed by atoms with Crippen LogP contribution in [0.1, 0.15) is 32.6 Å². The Morgan fingerprint density at radius 1 is 1.42 bits per heavy atom. The van der Waals surface area contributed by atoms with E-state index in [1.165, 1.54) is 32.8 Å². The summed E-state index contributed by atoms with van der Waals surface area (Å²) in [4.78, 5) is 10.8. The third kappa shape index (κ3) is 2.97. The van der Waals surface area contributed by atoms with E-state index in [1.54, 1.807) is 18.2 Å². The van der Waals surface area contributed by atoms with E-state index in [0.29, 0.717) is 11.4 Å². The lowest BCUT2D eigenvalue weighted by atomic mass is 9.89. The SMILES string of the molecule is COc1cccc(NCC2(C)CCCC2)c1[N+](=O)[O-]. The highest BCUT2D eigenvalue weighted by molar-refractivity contribution is 5.68. The maximum atomic E-state index is 11.2. The number of para-hydroxylation sites is 1. The lowest BCUT2D eigenvalue weighted by molar-refractivity contribution is -0.384. The van der Waals surface area contributed by atoms with Gasteiger partial charge < -0.3 is 10.1 Å². The monoisotopic (exact) mass is 264 g/mol. The quantitative estimate of drug-likeness (QED) is 0.652. The van der Waals surface area contributed by atoms with E-state index in [9.17, 15) is 10.1 Å². The zero-order valence-corrected chi connectivity index (χ0v) is 11.4. The van der Waals surface area contributed by atoms with Gasteiger partial charge in [0.2, 0.25) is 0 Å². The number of anilines is 1. The predicted molar refractivity (Wildman–Crippen MR) is 74.7 cm³/mol. The maximum Gasteiger partial charge on any atom is 0.333 e. The summed E-state index contributed by atoms with van der Waals surface area (Å²) in [6.45, 7) is 3.00. The summed E-state index contributed by atoms with van der Waals surface area (Å²) >= 11 is 0. The molecule has 2 rings (SSSR count). The molecule has 0 atom stereocenters. The first-order valence-electron chi connectivity index (χ1n) is 6.61. The Morgan fingerprint density at radius 2 is 2.11 bits per heavy atom. The van der Waals surface area contributed by atoms with Crippen LogP contribution in [-0.4, -0.2) is 18.6 Å². The minimum atomic E-state index is -0.391. The predicted octanol–water partition coefficient (Wildman–Crippen LogP) is 3.60. The smallest absolute Gasteiger partial charge is 0.333 e. The van der Waals surface area contributed by atoms with Gasteiger partial charge in [-0.1, -0.05) is 25.8 Å². The molecule has 0 amide bonds. The van der Waals surface area contributed by atoms with E-state index < -0.39 is 4.92 Å². The van der Waals surface area contributed by atoms with Gasteiger partial charge in [0.15, 0.2) is 5.75 Å². The zero-order chi connectivity index (χ0) is 13.9. The van der Waals surface area contributed by atoms with Crippen LogP contribution in [0.2, 0.25) is 0 Å². The van der Waals surface area contributed by atoms with E-state index in [1.807, 2.05) is 0 Å². The molecule has 0 heterocycles. The zero-order valence-electron chi connectivity index (χ0n) is 11.4. The number of methoxy groups -OCH3 is 1. The van der Waals surface area contributed by atoms with Crippen LogP contribution in [0, 0.1) is 15.5 Å². The number of nitrogens with one attached hydrogen (secondary N) is 1. The Kier molecular flexibility index (Phi) is 3.93. The molecule has 0 bridgehead atoms. The summed E-state index contributed by atoms with van der Waals surface area (Å²) < 4.78 is 5.06. The second-order valence-electron chi connectivity index (χ2n) is 5.48. The molecule has 1 saturated carbocycles. The molecule has 0 radical (unpaired) electrons. The topological polar surface area (TPSA) is 64.4 Å². The highest BCUT2D eigenvalue weighted by atomic mass is 16.6. The normalized spacial score (nSPS) is 17.2. The van der Waals surface area contributed by atoms with Crippen molar-refractivity contribution < 1.29 is 9.66 Å². The summed E-state index contributed by atoms with van der Waals surface area (Å²) in [5.74, 6) is 0.298. The number of ether oxygens (including phenoxy) is 1. The molecule has 5 heteroatoms. The molecule has 1 aliphatic carbocycles. The summed E-state index contributed by atoms with van der Waals surface area (Å²) in [6.07, 6.45) is 4.85. The first-order chi connectivity index (χ1) is 9.06. The first kappa shape index (κ1) is 13.6. The average molecular weight is 264 g/mol. The molecule has 0 aliphatic heterocycles. The van der Waals surface area contributed by atoms with Crippen molar-refractivity contribution in [1.82, 2.24) is 0 Å². The lowest BCUT2D eigenvalue weighted by Crippen LogP contribution is -2.23. The number of nitro groups is 1. The van der Waals surface area contributed by atoms with E-state index in [-0.39, 0.29) is 11.1 Å². The minimum absolute atomic E-state index is 0.0200. The fraction of sp³-hybridized carbons (Fsp3) is 0.571. The van der Waals surface area contributed by atoms with Crippen LogP contribution >= 0.6 is 0 Å². The molecule has 5 nitrogen and oxygen atoms in total. The summed E-state index contributed by atoms with van der Waals surface area (Å²) in [7, 11) is 1.45. The maximum absolute atomic E-state index is 11.2. The third-order valence-corrected chi connectivity index (χ3v) is 3.92. The van der Waals surface area contributed by atoms with Crippen molar-refractivity contribution in [3.8, 4) is 5.75 Å². The van der Waals surface area contributed by atoms with Gasteiger partial charge >= 0.3 is 5.69 Å². The molecular weight excluding hydrogens is 244 g/mol. The van der Waals surface area contributed by atoms with Crippen molar-refractivity contribution in [2.75, 3.05) is 19.0 Å². The van der Waals surface area contributed by atoms with Crippen LogP contribution in [-0.2, 0) is 0 Å². The first-order valence-corrected chi connectivity index (χ1v) is 6.61. The van der Waals surface area contributed by atoms with Gasteiger partial charge in [-0.25, -0.2) is 0 Å². The van der Waals surface area contributed by atoms with E-state index >= 15 is 0 Å². The third-order valence-electron chi connectivity index (χ3n) is 3.92. The van der Waals surface area contributed by atoms with Crippen LogP contribution in [0.3, 0.4) is 0 Å². The number of rotatable bonds is 5. The number of nitrogens with zero attached hydrogens (tertiary/aromatic N) is 1. The molecule has 0 aromatic heterocycles. The molecule has 1 N–H and O–H groups in total. The van der Waals surface area contributed by atoms with Crippen molar-refractivity contribution in [3.05, 3.63) is 28.3 Å². The Bertz CT molecular complexity index is 468. The molecule has 0 spiro atoms. The largest absolute Gasteiger partial charge is 0.490 e. The molecule has 19 heavy (non-hydrogen) atoms. The number of hydrogen-bond acceptors (Lipinski definition) is 4. The Labute approximate surface area is 113 Å². The van der Waals surface area contributed by atoms with Gasteiger partial charge in [-0.05, 0) is 30.4 Å². The van der Waals surface area contributed by atoms with Crippen molar-refractivity contribution in [2.45, 2.75) is 32.6 Å². The van der Waals surface area contributed by atoms with Gasteiger partial charge in [-0.2, -0.15) is 0 Å². The molecule has 0 saturated heterocycles. The van der Waals surface area contributed by atoms with Crippen LogP contribution in [0.5, 0.6) is 5.75 Å². The van der Waals surface area contributed by atoms with Crippen molar-refractivity contribution in [3.63, 3.8) is 0 Å². The second-order valence-corrected chi connectivity index (χ2v) is 5.48. The number of benzene rings is 1. The Hall–Kier alpha value is -1.78. The molecule has 1 aromatic rings. The summed E-state index contributed by atoms with van der Waals surface area (Å²) in [5, 5.41) is 14.4. The number of hydrogen-bond donors (Lipinski definition) is 1. The molecule has 1 aromatic carbocycles. The Balaban J connectivity index is 2.17. The number of nitro benzene ring substituents is 1. The van der Waals surface area contributed by atoms with Gasteiger partial charge in [0.05, 0.1) is 12.0 Å². The molecular formula is C14H20N2O3. The summed E-state index contributed by atoms with van der Waals surface area (Å²) in [6, 6.07) is 5.12.